The van der Waals surface area contributed by atoms with Crippen LogP contribution in [0.15, 0.2) is 23.2 Å². The van der Waals surface area contributed by atoms with Crippen molar-refractivity contribution in [2.45, 2.75) is 32.9 Å². The van der Waals surface area contributed by atoms with Crippen LogP contribution >= 0.6 is 24.0 Å². The molecule has 0 saturated carbocycles. The highest BCUT2D eigenvalue weighted by Gasteiger charge is 2.17. The van der Waals surface area contributed by atoms with Crippen molar-refractivity contribution >= 4 is 35.8 Å². The van der Waals surface area contributed by atoms with E-state index in [4.69, 9.17) is 0 Å². The van der Waals surface area contributed by atoms with Crippen molar-refractivity contribution in [2.24, 2.45) is 4.99 Å². The second kappa shape index (κ2) is 9.75. The monoisotopic (exact) mass is 454 g/mol. The van der Waals surface area contributed by atoms with E-state index in [1.165, 1.54) is 0 Å². The molecule has 1 aromatic carbocycles. The highest BCUT2D eigenvalue weighted by Crippen LogP contribution is 2.09. The maximum Gasteiger partial charge on any atom is 0.240 e. The van der Waals surface area contributed by atoms with Gasteiger partial charge in [0.2, 0.25) is 5.91 Å². The Hall–Kier alpha value is -1.45. The molecule has 136 valence electrons. The van der Waals surface area contributed by atoms with Crippen molar-refractivity contribution < 1.29 is 13.6 Å². The van der Waals surface area contributed by atoms with Crippen molar-refractivity contribution in [1.82, 2.24) is 15.5 Å². The summed E-state index contributed by atoms with van der Waals surface area (Å²) in [5.74, 6) is -0.740. The number of nitrogens with one attached hydrogen (secondary N) is 2. The Bertz CT molecular complexity index is 588. The second-order valence-electron chi connectivity index (χ2n) is 6.29. The predicted octanol–water partition coefficient (Wildman–Crippen LogP) is 2.50. The van der Waals surface area contributed by atoms with Gasteiger partial charge in [0, 0.05) is 31.7 Å². The van der Waals surface area contributed by atoms with E-state index in [9.17, 15) is 13.6 Å². The fourth-order valence-electron chi connectivity index (χ4n) is 1.99. The first-order valence-corrected chi connectivity index (χ1v) is 7.29. The minimum absolute atomic E-state index is 0. The number of likely N-dealkylation sites (N-methyl/N-ethyl adjacent to an activating group) is 1. The molecule has 5 nitrogen and oxygen atoms in total. The molecular formula is C16H25F2IN4O. The van der Waals surface area contributed by atoms with E-state index in [1.807, 2.05) is 20.8 Å². The molecule has 0 aliphatic rings. The molecule has 1 aromatic rings. The summed E-state index contributed by atoms with van der Waals surface area (Å²) in [5, 5.41) is 5.76. The molecule has 0 saturated heterocycles. The number of halogens is 3. The van der Waals surface area contributed by atoms with Crippen LogP contribution in [-0.4, -0.2) is 42.9 Å². The van der Waals surface area contributed by atoms with Gasteiger partial charge < -0.3 is 15.5 Å². The van der Waals surface area contributed by atoms with E-state index in [-0.39, 0.29) is 54.1 Å². The Kier molecular flexibility index (Phi) is 9.16. The molecule has 0 aromatic heterocycles. The molecule has 0 aliphatic carbocycles. The van der Waals surface area contributed by atoms with Crippen LogP contribution in [0, 0.1) is 11.6 Å². The van der Waals surface area contributed by atoms with Gasteiger partial charge in [-0.3, -0.25) is 9.79 Å². The van der Waals surface area contributed by atoms with Crippen LogP contribution in [0.1, 0.15) is 26.3 Å². The molecule has 0 fully saturated rings. The topological polar surface area (TPSA) is 56.7 Å². The Morgan fingerprint density at radius 2 is 1.92 bits per heavy atom. The number of amides is 1. The van der Waals surface area contributed by atoms with Crippen LogP contribution in [0.4, 0.5) is 8.78 Å². The summed E-state index contributed by atoms with van der Waals surface area (Å²) in [5.41, 5.74) is -0.127. The SMILES string of the molecule is CN=C(NCc1cc(F)ccc1F)N(C)CC(=O)NC(C)(C)C.I. The third-order valence-corrected chi connectivity index (χ3v) is 2.91. The maximum atomic E-state index is 13.6. The van der Waals surface area contributed by atoms with E-state index in [0.29, 0.717) is 5.96 Å². The molecule has 1 rings (SSSR count). The van der Waals surface area contributed by atoms with Crippen molar-refractivity contribution in [3.8, 4) is 0 Å². The first kappa shape index (κ1) is 22.6. The van der Waals surface area contributed by atoms with Gasteiger partial charge in [-0.25, -0.2) is 8.78 Å². The molecule has 0 heterocycles. The van der Waals surface area contributed by atoms with Gasteiger partial charge in [-0.1, -0.05) is 0 Å². The van der Waals surface area contributed by atoms with Gasteiger partial charge >= 0.3 is 0 Å². The summed E-state index contributed by atoms with van der Waals surface area (Å²) < 4.78 is 26.8. The zero-order valence-electron chi connectivity index (χ0n) is 14.6. The van der Waals surface area contributed by atoms with Crippen LogP contribution < -0.4 is 10.6 Å². The quantitative estimate of drug-likeness (QED) is 0.418. The lowest BCUT2D eigenvalue weighted by molar-refractivity contribution is -0.122. The summed E-state index contributed by atoms with van der Waals surface area (Å²) in [7, 11) is 3.25. The standard InChI is InChI=1S/C16H24F2N4O.HI/c1-16(2,3)21-14(23)10-22(5)15(19-4)20-9-11-8-12(17)6-7-13(11)18;/h6-8H,9-10H2,1-5H3,(H,19,20)(H,21,23);1H. The van der Waals surface area contributed by atoms with Gasteiger partial charge in [0.1, 0.15) is 11.6 Å². The van der Waals surface area contributed by atoms with Gasteiger partial charge in [0.15, 0.2) is 5.96 Å². The van der Waals surface area contributed by atoms with Crippen LogP contribution in [0.3, 0.4) is 0 Å². The van der Waals surface area contributed by atoms with E-state index in [1.54, 1.807) is 19.0 Å². The highest BCUT2D eigenvalue weighted by molar-refractivity contribution is 14.0. The van der Waals surface area contributed by atoms with E-state index < -0.39 is 11.6 Å². The average Bonchev–Trinajstić information content (AvgIpc) is 2.40. The fourth-order valence-corrected chi connectivity index (χ4v) is 1.99. The number of aliphatic imine (C=N–C) groups is 1. The Morgan fingerprint density at radius 1 is 1.29 bits per heavy atom. The highest BCUT2D eigenvalue weighted by atomic mass is 127. The molecule has 24 heavy (non-hydrogen) atoms. The van der Waals surface area contributed by atoms with Gasteiger partial charge in [-0.05, 0) is 39.0 Å². The summed E-state index contributed by atoms with van der Waals surface area (Å²) in [6.07, 6.45) is 0. The maximum absolute atomic E-state index is 13.6. The van der Waals surface area contributed by atoms with Crippen molar-refractivity contribution in [3.05, 3.63) is 35.4 Å². The summed E-state index contributed by atoms with van der Waals surface area (Å²) in [4.78, 5) is 17.6. The number of hydrogen-bond acceptors (Lipinski definition) is 2. The molecule has 2 N–H and O–H groups in total. The van der Waals surface area contributed by atoms with Crippen molar-refractivity contribution in [3.63, 3.8) is 0 Å². The molecule has 8 heteroatoms. The Labute approximate surface area is 158 Å². The number of rotatable bonds is 4. The van der Waals surface area contributed by atoms with Crippen LogP contribution in [0.2, 0.25) is 0 Å². The van der Waals surface area contributed by atoms with Crippen molar-refractivity contribution in [1.29, 1.82) is 0 Å². The van der Waals surface area contributed by atoms with Crippen LogP contribution in [0.25, 0.3) is 0 Å². The number of carbonyl (C=O) groups excluding carboxylic acids is 1. The van der Waals surface area contributed by atoms with Crippen LogP contribution in [-0.2, 0) is 11.3 Å². The summed E-state index contributed by atoms with van der Waals surface area (Å²) in [6.45, 7) is 5.85. The summed E-state index contributed by atoms with van der Waals surface area (Å²) >= 11 is 0. The lowest BCUT2D eigenvalue weighted by Crippen LogP contribution is -2.48. The fraction of sp³-hybridized carbons (Fsp3) is 0.500. The average molecular weight is 454 g/mol. The molecule has 0 spiro atoms. The molecule has 0 aliphatic heterocycles. The molecule has 1 amide bonds. The van der Waals surface area contributed by atoms with E-state index >= 15 is 0 Å². The first-order valence-electron chi connectivity index (χ1n) is 7.29. The van der Waals surface area contributed by atoms with Gasteiger partial charge in [0.05, 0.1) is 6.54 Å². The van der Waals surface area contributed by atoms with Gasteiger partial charge in [-0.15, -0.1) is 24.0 Å². The molecule has 0 bridgehead atoms. The lowest BCUT2D eigenvalue weighted by atomic mass is 10.1. The number of guanidine groups is 1. The Morgan fingerprint density at radius 3 is 2.46 bits per heavy atom. The third-order valence-electron chi connectivity index (χ3n) is 2.91. The van der Waals surface area contributed by atoms with Crippen molar-refractivity contribution in [2.75, 3.05) is 20.6 Å². The molecule has 0 unspecified atom stereocenters. The minimum atomic E-state index is -0.504. The number of hydrogen-bond donors (Lipinski definition) is 2. The number of benzene rings is 1. The lowest BCUT2D eigenvalue weighted by Gasteiger charge is -2.25. The van der Waals surface area contributed by atoms with E-state index in [0.717, 1.165) is 18.2 Å². The largest absolute Gasteiger partial charge is 0.352 e. The first-order chi connectivity index (χ1) is 10.6. The summed E-state index contributed by atoms with van der Waals surface area (Å²) in [6, 6.07) is 3.27. The molecule has 0 atom stereocenters. The third kappa shape index (κ3) is 7.89. The van der Waals surface area contributed by atoms with Gasteiger partial charge in [0.25, 0.3) is 0 Å². The normalized spacial score (nSPS) is 11.5. The van der Waals surface area contributed by atoms with Crippen LogP contribution in [0.5, 0.6) is 0 Å². The van der Waals surface area contributed by atoms with Gasteiger partial charge in [-0.2, -0.15) is 0 Å². The minimum Gasteiger partial charge on any atom is -0.352 e. The molecule has 0 radical (unpaired) electrons. The second-order valence-corrected chi connectivity index (χ2v) is 6.29. The smallest absolute Gasteiger partial charge is 0.240 e. The number of carbonyl (C=O) groups is 1. The Balaban J connectivity index is 0.00000529. The zero-order valence-corrected chi connectivity index (χ0v) is 16.9. The van der Waals surface area contributed by atoms with E-state index in [2.05, 4.69) is 15.6 Å². The molecular weight excluding hydrogens is 429 g/mol. The zero-order chi connectivity index (χ0) is 17.6. The number of nitrogens with zero attached hydrogens (tertiary/aromatic N) is 2. The predicted molar refractivity (Wildman–Crippen MR) is 102 cm³/mol.